The van der Waals surface area contributed by atoms with Gasteiger partial charge in [0, 0.05) is 24.9 Å². The third kappa shape index (κ3) is 3.38. The van der Waals surface area contributed by atoms with Gasteiger partial charge in [0.15, 0.2) is 0 Å². The van der Waals surface area contributed by atoms with Gasteiger partial charge >= 0.3 is 5.97 Å². The molecule has 1 atom stereocenters. The molecule has 0 radical (unpaired) electrons. The van der Waals surface area contributed by atoms with E-state index in [0.29, 0.717) is 12.3 Å². The van der Waals surface area contributed by atoms with Crippen LogP contribution in [0.4, 0.5) is 0 Å². The molecule has 1 aromatic rings. The number of imidazole rings is 1. The minimum Gasteiger partial charge on any atom is -0.481 e. The summed E-state index contributed by atoms with van der Waals surface area (Å²) in [4.78, 5) is 14.8. The zero-order valence-electron chi connectivity index (χ0n) is 9.47. The van der Waals surface area contributed by atoms with Crippen molar-refractivity contribution in [1.29, 1.82) is 0 Å². The number of aliphatic carboxylic acids is 1. The van der Waals surface area contributed by atoms with Gasteiger partial charge in [-0.1, -0.05) is 20.8 Å². The van der Waals surface area contributed by atoms with Crippen LogP contribution in [-0.4, -0.2) is 20.6 Å². The summed E-state index contributed by atoms with van der Waals surface area (Å²) in [6.45, 7) is 6.87. The monoisotopic (exact) mass is 210 g/mol. The number of hydrogen-bond acceptors (Lipinski definition) is 2. The van der Waals surface area contributed by atoms with E-state index in [2.05, 4.69) is 18.8 Å². The Morgan fingerprint density at radius 3 is 2.73 bits per heavy atom. The Hall–Kier alpha value is -1.32. The van der Waals surface area contributed by atoms with Crippen LogP contribution >= 0.6 is 0 Å². The molecule has 1 N–H and O–H groups in total. The molecule has 0 aromatic carbocycles. The van der Waals surface area contributed by atoms with Gasteiger partial charge in [-0.25, -0.2) is 4.98 Å². The average Bonchev–Trinajstić information content (AvgIpc) is 2.51. The molecule has 4 heteroatoms. The van der Waals surface area contributed by atoms with E-state index in [4.69, 9.17) is 5.11 Å². The molecule has 0 fully saturated rings. The molecule has 15 heavy (non-hydrogen) atoms. The van der Waals surface area contributed by atoms with Gasteiger partial charge < -0.3 is 9.67 Å². The Morgan fingerprint density at radius 1 is 1.53 bits per heavy atom. The quantitative estimate of drug-likeness (QED) is 0.806. The molecular weight excluding hydrogens is 192 g/mol. The van der Waals surface area contributed by atoms with E-state index in [-0.39, 0.29) is 5.92 Å². The normalized spacial score (nSPS) is 13.1. The number of carboxylic acid groups (broad SMARTS) is 1. The highest BCUT2D eigenvalue weighted by molar-refractivity contribution is 5.69. The molecule has 4 nitrogen and oxygen atoms in total. The van der Waals surface area contributed by atoms with Crippen molar-refractivity contribution >= 4 is 5.97 Å². The van der Waals surface area contributed by atoms with Crippen molar-refractivity contribution in [2.24, 2.45) is 11.8 Å². The summed E-state index contributed by atoms with van der Waals surface area (Å²) in [5, 5.41) is 8.82. The van der Waals surface area contributed by atoms with Gasteiger partial charge in [-0.3, -0.25) is 4.79 Å². The molecule has 0 spiro atoms. The van der Waals surface area contributed by atoms with Crippen LogP contribution in [0.5, 0.6) is 0 Å². The average molecular weight is 210 g/mol. The first-order valence-corrected chi connectivity index (χ1v) is 5.22. The Labute approximate surface area is 89.9 Å². The standard InChI is InChI=1S/C11H18N2O2/c1-8(2)6-13-7-12-5-10(13)4-9(3)11(14)15/h5,7-9H,4,6H2,1-3H3,(H,14,15). The number of hydrogen-bond donors (Lipinski definition) is 1. The molecule has 0 saturated carbocycles. The Morgan fingerprint density at radius 2 is 2.20 bits per heavy atom. The summed E-state index contributed by atoms with van der Waals surface area (Å²) in [6.07, 6.45) is 4.06. The van der Waals surface area contributed by atoms with Crippen LogP contribution in [0.25, 0.3) is 0 Å². The fraction of sp³-hybridized carbons (Fsp3) is 0.636. The van der Waals surface area contributed by atoms with Crippen molar-refractivity contribution < 1.29 is 9.90 Å². The smallest absolute Gasteiger partial charge is 0.306 e. The van der Waals surface area contributed by atoms with Crippen LogP contribution < -0.4 is 0 Å². The molecule has 1 aromatic heterocycles. The summed E-state index contributed by atoms with van der Waals surface area (Å²) in [5.74, 6) is -0.571. The molecule has 0 saturated heterocycles. The second kappa shape index (κ2) is 4.96. The number of aromatic nitrogens is 2. The SMILES string of the molecule is CC(C)Cn1cncc1CC(C)C(=O)O. The Balaban J connectivity index is 2.68. The topological polar surface area (TPSA) is 55.1 Å². The van der Waals surface area contributed by atoms with Crippen molar-refractivity contribution in [2.75, 3.05) is 0 Å². The maximum Gasteiger partial charge on any atom is 0.306 e. The largest absolute Gasteiger partial charge is 0.481 e. The van der Waals surface area contributed by atoms with Crippen LogP contribution in [0.2, 0.25) is 0 Å². The fourth-order valence-electron chi connectivity index (χ4n) is 1.48. The highest BCUT2D eigenvalue weighted by Gasteiger charge is 2.14. The third-order valence-electron chi connectivity index (χ3n) is 2.30. The number of nitrogens with zero attached hydrogens (tertiary/aromatic N) is 2. The fourth-order valence-corrected chi connectivity index (χ4v) is 1.48. The second-order valence-electron chi connectivity index (χ2n) is 4.37. The summed E-state index contributed by atoms with van der Waals surface area (Å²) < 4.78 is 2.03. The van der Waals surface area contributed by atoms with Crippen molar-refractivity contribution in [3.8, 4) is 0 Å². The van der Waals surface area contributed by atoms with Crippen molar-refractivity contribution in [3.05, 3.63) is 18.2 Å². The van der Waals surface area contributed by atoms with E-state index in [0.717, 1.165) is 12.2 Å². The van der Waals surface area contributed by atoms with E-state index in [9.17, 15) is 4.79 Å². The van der Waals surface area contributed by atoms with Crippen LogP contribution in [0.3, 0.4) is 0 Å². The minimum absolute atomic E-state index is 0.354. The lowest BCUT2D eigenvalue weighted by Crippen LogP contribution is -2.15. The highest BCUT2D eigenvalue weighted by atomic mass is 16.4. The molecule has 1 rings (SSSR count). The van der Waals surface area contributed by atoms with Crippen molar-refractivity contribution in [2.45, 2.75) is 33.7 Å². The van der Waals surface area contributed by atoms with Crippen LogP contribution in [-0.2, 0) is 17.8 Å². The molecular formula is C11H18N2O2. The second-order valence-corrected chi connectivity index (χ2v) is 4.37. The molecule has 0 aliphatic rings. The van der Waals surface area contributed by atoms with Crippen molar-refractivity contribution in [1.82, 2.24) is 9.55 Å². The number of rotatable bonds is 5. The van der Waals surface area contributed by atoms with Gasteiger partial charge in [0.05, 0.1) is 12.2 Å². The Kier molecular flexibility index (Phi) is 3.88. The van der Waals surface area contributed by atoms with Crippen LogP contribution in [0.15, 0.2) is 12.5 Å². The predicted molar refractivity (Wildman–Crippen MR) is 57.6 cm³/mol. The van der Waals surface area contributed by atoms with E-state index < -0.39 is 5.97 Å². The van der Waals surface area contributed by atoms with Crippen LogP contribution in [0.1, 0.15) is 26.5 Å². The van der Waals surface area contributed by atoms with Crippen molar-refractivity contribution in [3.63, 3.8) is 0 Å². The summed E-state index contributed by atoms with van der Waals surface area (Å²) >= 11 is 0. The molecule has 1 heterocycles. The molecule has 0 aliphatic carbocycles. The molecule has 0 amide bonds. The maximum absolute atomic E-state index is 10.7. The van der Waals surface area contributed by atoms with E-state index in [1.807, 2.05) is 4.57 Å². The zero-order valence-corrected chi connectivity index (χ0v) is 9.47. The summed E-state index contributed by atoms with van der Waals surface area (Å²) in [5.41, 5.74) is 0.999. The van der Waals surface area contributed by atoms with Gasteiger partial charge in [0.25, 0.3) is 0 Å². The number of carboxylic acids is 1. The van der Waals surface area contributed by atoms with Gasteiger partial charge in [-0.15, -0.1) is 0 Å². The van der Waals surface area contributed by atoms with E-state index in [1.54, 1.807) is 19.4 Å². The summed E-state index contributed by atoms with van der Waals surface area (Å²) in [6, 6.07) is 0. The van der Waals surface area contributed by atoms with Gasteiger partial charge in [-0.2, -0.15) is 0 Å². The third-order valence-corrected chi connectivity index (χ3v) is 2.30. The van der Waals surface area contributed by atoms with E-state index in [1.165, 1.54) is 0 Å². The lowest BCUT2D eigenvalue weighted by Gasteiger charge is -2.12. The highest BCUT2D eigenvalue weighted by Crippen LogP contribution is 2.10. The molecule has 0 aliphatic heterocycles. The van der Waals surface area contributed by atoms with Gasteiger partial charge in [0.2, 0.25) is 0 Å². The molecule has 1 unspecified atom stereocenters. The number of carbonyl (C=O) groups is 1. The predicted octanol–water partition coefficient (Wildman–Crippen LogP) is 1.80. The van der Waals surface area contributed by atoms with Gasteiger partial charge in [-0.05, 0) is 5.92 Å². The lowest BCUT2D eigenvalue weighted by molar-refractivity contribution is -0.141. The first-order valence-electron chi connectivity index (χ1n) is 5.22. The van der Waals surface area contributed by atoms with Gasteiger partial charge in [0.1, 0.15) is 0 Å². The van der Waals surface area contributed by atoms with E-state index >= 15 is 0 Å². The summed E-state index contributed by atoms with van der Waals surface area (Å²) in [7, 11) is 0. The first kappa shape index (κ1) is 11.8. The maximum atomic E-state index is 10.7. The zero-order chi connectivity index (χ0) is 11.4. The first-order chi connectivity index (χ1) is 7.00. The lowest BCUT2D eigenvalue weighted by atomic mass is 10.1. The minimum atomic E-state index is -0.757. The van der Waals surface area contributed by atoms with Crippen LogP contribution in [0, 0.1) is 11.8 Å². The molecule has 0 bridgehead atoms. The Bertz CT molecular complexity index is 331. The molecule has 84 valence electrons.